The molecule has 2 atom stereocenters. The lowest BCUT2D eigenvalue weighted by Gasteiger charge is -2.30. The van der Waals surface area contributed by atoms with E-state index in [1.54, 1.807) is 17.0 Å². The van der Waals surface area contributed by atoms with Gasteiger partial charge in [-0.3, -0.25) is 9.59 Å². The summed E-state index contributed by atoms with van der Waals surface area (Å²) in [4.78, 5) is 26.6. The molecule has 1 aliphatic rings. The number of unbranched alkanes of at least 4 members (excludes halogenated alkanes) is 1. The summed E-state index contributed by atoms with van der Waals surface area (Å²) in [6.07, 6.45) is 4.04. The molecule has 1 aromatic rings. The Morgan fingerprint density at radius 2 is 1.96 bits per heavy atom. The SMILES string of the molecule is CCCC[C@@H](CC)CN1C(=O)C(O)=C(C(C)=O)[C@H]1c1ccc(O)c(OCC)c1. The van der Waals surface area contributed by atoms with Gasteiger partial charge in [0.15, 0.2) is 23.0 Å². The van der Waals surface area contributed by atoms with Crippen LogP contribution in [-0.4, -0.2) is 40.0 Å². The Hall–Kier alpha value is -2.50. The zero-order valence-corrected chi connectivity index (χ0v) is 17.2. The van der Waals surface area contributed by atoms with Crippen LogP contribution < -0.4 is 4.74 Å². The molecule has 1 aliphatic heterocycles. The van der Waals surface area contributed by atoms with Gasteiger partial charge >= 0.3 is 0 Å². The topological polar surface area (TPSA) is 87.1 Å². The predicted molar refractivity (Wildman–Crippen MR) is 107 cm³/mol. The molecule has 0 aromatic heterocycles. The van der Waals surface area contributed by atoms with E-state index in [0.29, 0.717) is 24.5 Å². The Bertz CT molecular complexity index is 755. The summed E-state index contributed by atoms with van der Waals surface area (Å²) >= 11 is 0. The van der Waals surface area contributed by atoms with Crippen LogP contribution in [0.15, 0.2) is 29.5 Å². The molecule has 0 fully saturated rings. The molecule has 2 rings (SSSR count). The normalized spacial score (nSPS) is 17.9. The van der Waals surface area contributed by atoms with Crippen LogP contribution in [0.3, 0.4) is 0 Å². The smallest absolute Gasteiger partial charge is 0.290 e. The molecule has 6 heteroatoms. The summed E-state index contributed by atoms with van der Waals surface area (Å²) in [6.45, 7) is 8.22. The first-order valence-corrected chi connectivity index (χ1v) is 10.1. The van der Waals surface area contributed by atoms with Crippen LogP contribution in [0.2, 0.25) is 0 Å². The number of aliphatic hydroxyl groups is 1. The molecule has 0 unspecified atom stereocenters. The second-order valence-corrected chi connectivity index (χ2v) is 7.26. The number of amides is 1. The maximum absolute atomic E-state index is 12.8. The predicted octanol–water partition coefficient (Wildman–Crippen LogP) is 4.29. The lowest BCUT2D eigenvalue weighted by molar-refractivity contribution is -0.130. The van der Waals surface area contributed by atoms with Crippen molar-refractivity contribution in [3.63, 3.8) is 0 Å². The van der Waals surface area contributed by atoms with E-state index in [2.05, 4.69) is 13.8 Å². The summed E-state index contributed by atoms with van der Waals surface area (Å²) < 4.78 is 5.46. The van der Waals surface area contributed by atoms with Crippen molar-refractivity contribution in [3.8, 4) is 11.5 Å². The number of rotatable bonds is 10. The fourth-order valence-corrected chi connectivity index (χ4v) is 3.72. The Balaban J connectivity index is 2.46. The number of hydrogen-bond donors (Lipinski definition) is 2. The maximum Gasteiger partial charge on any atom is 0.290 e. The first kappa shape index (κ1) is 21.8. The van der Waals surface area contributed by atoms with E-state index in [9.17, 15) is 19.8 Å². The van der Waals surface area contributed by atoms with Gasteiger partial charge in [0.1, 0.15) is 0 Å². The lowest BCUT2D eigenvalue weighted by atomic mass is 9.94. The van der Waals surface area contributed by atoms with Crippen molar-refractivity contribution in [2.75, 3.05) is 13.2 Å². The zero-order valence-electron chi connectivity index (χ0n) is 17.2. The van der Waals surface area contributed by atoms with Gasteiger partial charge < -0.3 is 19.8 Å². The minimum atomic E-state index is -0.680. The van der Waals surface area contributed by atoms with Gasteiger partial charge in [0.25, 0.3) is 5.91 Å². The highest BCUT2D eigenvalue weighted by Crippen LogP contribution is 2.41. The number of aromatic hydroxyl groups is 1. The van der Waals surface area contributed by atoms with Crippen LogP contribution in [0.5, 0.6) is 11.5 Å². The first-order valence-electron chi connectivity index (χ1n) is 10.1. The molecular weight excluding hydrogens is 358 g/mol. The van der Waals surface area contributed by atoms with Gasteiger partial charge in [0.05, 0.1) is 18.2 Å². The van der Waals surface area contributed by atoms with Crippen molar-refractivity contribution in [3.05, 3.63) is 35.1 Å². The number of benzene rings is 1. The van der Waals surface area contributed by atoms with E-state index in [0.717, 1.165) is 25.7 Å². The summed E-state index contributed by atoms with van der Waals surface area (Å²) in [6, 6.07) is 4.11. The van der Waals surface area contributed by atoms with Crippen LogP contribution in [0, 0.1) is 5.92 Å². The number of aliphatic hydroxyl groups excluding tert-OH is 1. The van der Waals surface area contributed by atoms with Crippen molar-refractivity contribution < 1.29 is 24.5 Å². The van der Waals surface area contributed by atoms with Crippen molar-refractivity contribution in [2.24, 2.45) is 5.92 Å². The third-order valence-corrected chi connectivity index (χ3v) is 5.28. The van der Waals surface area contributed by atoms with E-state index in [4.69, 9.17) is 4.74 Å². The Morgan fingerprint density at radius 3 is 2.54 bits per heavy atom. The van der Waals surface area contributed by atoms with E-state index < -0.39 is 17.7 Å². The summed E-state index contributed by atoms with van der Waals surface area (Å²) in [5.41, 5.74) is 0.734. The fourth-order valence-electron chi connectivity index (χ4n) is 3.72. The van der Waals surface area contributed by atoms with E-state index in [1.807, 2.05) is 6.92 Å². The van der Waals surface area contributed by atoms with E-state index in [-0.39, 0.29) is 23.0 Å². The second-order valence-electron chi connectivity index (χ2n) is 7.26. The highest BCUT2D eigenvalue weighted by atomic mass is 16.5. The molecule has 0 saturated carbocycles. The van der Waals surface area contributed by atoms with Crippen LogP contribution in [0.25, 0.3) is 0 Å². The fraction of sp³-hybridized carbons (Fsp3) is 0.545. The molecule has 6 nitrogen and oxygen atoms in total. The molecule has 0 spiro atoms. The van der Waals surface area contributed by atoms with Gasteiger partial charge in [-0.2, -0.15) is 0 Å². The van der Waals surface area contributed by atoms with E-state index in [1.165, 1.54) is 13.0 Å². The van der Waals surface area contributed by atoms with Gasteiger partial charge in [-0.05, 0) is 43.9 Å². The summed E-state index contributed by atoms with van der Waals surface area (Å²) in [5, 5.41) is 20.4. The maximum atomic E-state index is 12.8. The van der Waals surface area contributed by atoms with Crippen molar-refractivity contribution >= 4 is 11.7 Å². The van der Waals surface area contributed by atoms with Gasteiger partial charge in [-0.1, -0.05) is 39.2 Å². The van der Waals surface area contributed by atoms with E-state index >= 15 is 0 Å². The van der Waals surface area contributed by atoms with Crippen LogP contribution >= 0.6 is 0 Å². The molecule has 0 radical (unpaired) electrons. The van der Waals surface area contributed by atoms with Crippen LogP contribution in [-0.2, 0) is 9.59 Å². The number of hydrogen-bond acceptors (Lipinski definition) is 5. The molecule has 0 saturated heterocycles. The zero-order chi connectivity index (χ0) is 20.8. The standard InChI is InChI=1S/C22H31NO5/c1-5-8-9-15(6-2)13-23-20(19(14(4)24)21(26)22(23)27)16-10-11-17(25)18(12-16)28-7-3/h10-12,15,20,25-26H,5-9,13H2,1-4H3/t15-,20-/m1/s1. The minimum Gasteiger partial charge on any atom is -0.504 e. The first-order chi connectivity index (χ1) is 13.3. The largest absolute Gasteiger partial charge is 0.504 e. The average Bonchev–Trinajstić information content (AvgIpc) is 2.91. The number of carbonyl (C=O) groups excluding carboxylic acids is 2. The van der Waals surface area contributed by atoms with Crippen LogP contribution in [0.4, 0.5) is 0 Å². The number of ether oxygens (including phenoxy) is 1. The molecule has 28 heavy (non-hydrogen) atoms. The average molecular weight is 389 g/mol. The van der Waals surface area contributed by atoms with Crippen LogP contribution in [0.1, 0.15) is 65.0 Å². The highest BCUT2D eigenvalue weighted by Gasteiger charge is 2.43. The third-order valence-electron chi connectivity index (χ3n) is 5.28. The molecular formula is C22H31NO5. The Kier molecular flexibility index (Phi) is 7.49. The van der Waals surface area contributed by atoms with Gasteiger partial charge in [0.2, 0.25) is 0 Å². The molecule has 2 N–H and O–H groups in total. The number of ketones is 1. The Labute approximate surface area is 166 Å². The quantitative estimate of drug-likeness (QED) is 0.623. The van der Waals surface area contributed by atoms with Gasteiger partial charge in [-0.25, -0.2) is 0 Å². The number of nitrogens with zero attached hydrogens (tertiary/aromatic N) is 1. The minimum absolute atomic E-state index is 0.00608. The lowest BCUT2D eigenvalue weighted by Crippen LogP contribution is -2.35. The van der Waals surface area contributed by atoms with Gasteiger partial charge in [0, 0.05) is 6.54 Å². The van der Waals surface area contributed by atoms with Crippen molar-refractivity contribution in [1.29, 1.82) is 0 Å². The van der Waals surface area contributed by atoms with Gasteiger partial charge in [-0.15, -0.1) is 0 Å². The monoisotopic (exact) mass is 389 g/mol. The number of phenols is 1. The molecule has 1 heterocycles. The molecule has 154 valence electrons. The molecule has 0 aliphatic carbocycles. The number of Topliss-reactive ketones (excluding diaryl/α,β-unsaturated/α-hetero) is 1. The molecule has 1 amide bonds. The second kappa shape index (κ2) is 9.62. The van der Waals surface area contributed by atoms with Crippen molar-refractivity contribution in [1.82, 2.24) is 4.90 Å². The number of phenolic OH excluding ortho intramolecular Hbond substituents is 1. The number of carbonyl (C=O) groups is 2. The third kappa shape index (κ3) is 4.49. The summed E-state index contributed by atoms with van der Waals surface area (Å²) in [5.74, 6) is -0.766. The van der Waals surface area contributed by atoms with Crippen molar-refractivity contribution in [2.45, 2.75) is 59.4 Å². The highest BCUT2D eigenvalue weighted by molar-refractivity contribution is 6.08. The summed E-state index contributed by atoms with van der Waals surface area (Å²) in [7, 11) is 0. The molecule has 1 aromatic carbocycles. The molecule has 0 bridgehead atoms. The Morgan fingerprint density at radius 1 is 1.25 bits per heavy atom.